The normalized spacial score (nSPS) is 26.5. The Kier molecular flexibility index (Phi) is 6.81. The molecule has 2 atom stereocenters. The lowest BCUT2D eigenvalue weighted by Crippen LogP contribution is -2.14. The molecule has 2 aliphatic carbocycles. The van der Waals surface area contributed by atoms with Gasteiger partial charge >= 0.3 is 0 Å². The molecular weight excluding hydrogens is 334 g/mol. The molecule has 4 heteroatoms. The molecule has 0 aliphatic heterocycles. The largest absolute Gasteiger partial charge is 0.491 e. The first-order valence-electron chi connectivity index (χ1n) is 10.5. The Labute approximate surface area is 164 Å². The molecule has 2 N–H and O–H groups in total. The zero-order valence-electron chi connectivity index (χ0n) is 17.2. The van der Waals surface area contributed by atoms with E-state index in [1.165, 1.54) is 44.1 Å². The Balaban J connectivity index is 1.74. The van der Waals surface area contributed by atoms with Crippen LogP contribution in [0.2, 0.25) is 0 Å². The van der Waals surface area contributed by atoms with Crippen molar-refractivity contribution in [2.45, 2.75) is 65.2 Å². The predicted molar refractivity (Wildman–Crippen MR) is 112 cm³/mol. The van der Waals surface area contributed by atoms with Crippen LogP contribution in [0.15, 0.2) is 41.7 Å². The van der Waals surface area contributed by atoms with Gasteiger partial charge in [0.15, 0.2) is 0 Å². The summed E-state index contributed by atoms with van der Waals surface area (Å²) < 4.78 is 8.30. The van der Waals surface area contributed by atoms with E-state index in [0.29, 0.717) is 5.92 Å². The first-order valence-corrected chi connectivity index (χ1v) is 10.5. The fraction of sp³-hybridized carbons (Fsp3) is 0.609. The average molecular weight is 370 g/mol. The Morgan fingerprint density at radius 3 is 2.74 bits per heavy atom. The first kappa shape index (κ1) is 19.8. The van der Waals surface area contributed by atoms with Crippen molar-refractivity contribution in [3.8, 4) is 0 Å². The maximum atomic E-state index is 6.46. The number of hydrogen-bond donors (Lipinski definition) is 1. The fourth-order valence-corrected chi connectivity index (χ4v) is 4.16. The Bertz CT molecular complexity index is 726. The second-order valence-corrected chi connectivity index (χ2v) is 8.28. The van der Waals surface area contributed by atoms with Gasteiger partial charge in [0.05, 0.1) is 24.3 Å². The van der Waals surface area contributed by atoms with E-state index in [9.17, 15) is 0 Å². The van der Waals surface area contributed by atoms with Crippen molar-refractivity contribution in [3.63, 3.8) is 0 Å². The molecule has 1 fully saturated rings. The summed E-state index contributed by atoms with van der Waals surface area (Å²) in [4.78, 5) is 4.51. The summed E-state index contributed by atoms with van der Waals surface area (Å²) in [5.74, 6) is 2.37. The Hall–Kier alpha value is -1.97. The summed E-state index contributed by atoms with van der Waals surface area (Å²) in [6.45, 7) is 5.20. The summed E-state index contributed by atoms with van der Waals surface area (Å²) in [5.41, 5.74) is 10.6. The predicted octanol–water partition coefficient (Wildman–Crippen LogP) is 5.34. The number of hydrogen-bond acceptors (Lipinski definition) is 3. The van der Waals surface area contributed by atoms with Crippen molar-refractivity contribution >= 4 is 5.57 Å². The second kappa shape index (κ2) is 9.29. The van der Waals surface area contributed by atoms with E-state index >= 15 is 0 Å². The second-order valence-electron chi connectivity index (χ2n) is 8.28. The summed E-state index contributed by atoms with van der Waals surface area (Å²) in [5, 5.41) is 0. The van der Waals surface area contributed by atoms with Crippen LogP contribution in [-0.4, -0.2) is 16.2 Å². The lowest BCUT2D eigenvalue weighted by molar-refractivity contribution is 0.160. The highest BCUT2D eigenvalue weighted by atomic mass is 16.5. The van der Waals surface area contributed by atoms with Gasteiger partial charge < -0.3 is 15.0 Å². The molecular formula is C23H35N3O. The molecule has 0 radical (unpaired) electrons. The van der Waals surface area contributed by atoms with E-state index in [1.807, 2.05) is 24.1 Å². The quantitative estimate of drug-likeness (QED) is 0.713. The van der Waals surface area contributed by atoms with Gasteiger partial charge in [0.2, 0.25) is 0 Å². The number of imidazole rings is 1. The molecule has 0 aromatic carbocycles. The third kappa shape index (κ3) is 5.27. The number of aromatic nitrogens is 2. The molecule has 1 saturated carbocycles. The highest BCUT2D eigenvalue weighted by molar-refractivity contribution is 5.73. The van der Waals surface area contributed by atoms with Gasteiger partial charge in [0, 0.05) is 18.8 Å². The zero-order valence-corrected chi connectivity index (χ0v) is 17.2. The number of aryl methyl sites for hydroxylation is 1. The Morgan fingerprint density at radius 1 is 1.22 bits per heavy atom. The lowest BCUT2D eigenvalue weighted by atomic mass is 9.96. The third-order valence-corrected chi connectivity index (χ3v) is 6.16. The molecule has 0 spiro atoms. The number of allylic oxidation sites excluding steroid dienone is 4. The van der Waals surface area contributed by atoms with E-state index in [1.54, 1.807) is 0 Å². The van der Waals surface area contributed by atoms with Crippen molar-refractivity contribution < 1.29 is 4.74 Å². The molecule has 3 rings (SSSR count). The van der Waals surface area contributed by atoms with Gasteiger partial charge in [-0.2, -0.15) is 0 Å². The molecule has 27 heavy (non-hydrogen) atoms. The summed E-state index contributed by atoms with van der Waals surface area (Å²) in [7, 11) is 2.00. The minimum atomic E-state index is 0.642. The fourth-order valence-electron chi connectivity index (χ4n) is 4.16. The van der Waals surface area contributed by atoms with E-state index in [4.69, 9.17) is 10.5 Å². The van der Waals surface area contributed by atoms with Gasteiger partial charge in [-0.15, -0.1) is 0 Å². The first-order chi connectivity index (χ1) is 13.1. The Morgan fingerprint density at radius 2 is 2.00 bits per heavy atom. The minimum absolute atomic E-state index is 0.642. The molecule has 0 saturated heterocycles. The van der Waals surface area contributed by atoms with Crippen molar-refractivity contribution in [1.82, 2.24) is 9.55 Å². The van der Waals surface area contributed by atoms with Crippen LogP contribution < -0.4 is 5.73 Å². The number of nitrogens with zero attached hydrogens (tertiary/aromatic N) is 2. The van der Waals surface area contributed by atoms with Crippen LogP contribution in [0.5, 0.6) is 0 Å². The van der Waals surface area contributed by atoms with E-state index in [-0.39, 0.29) is 0 Å². The highest BCUT2D eigenvalue weighted by Gasteiger charge is 2.20. The summed E-state index contributed by atoms with van der Waals surface area (Å²) >= 11 is 0. The lowest BCUT2D eigenvalue weighted by Gasteiger charge is -2.20. The smallest absolute Gasteiger partial charge is 0.142 e. The number of ether oxygens (including phenoxy) is 1. The van der Waals surface area contributed by atoms with Gasteiger partial charge in [-0.05, 0) is 56.1 Å². The van der Waals surface area contributed by atoms with Crippen LogP contribution >= 0.6 is 0 Å². The molecule has 148 valence electrons. The molecule has 2 aliphatic rings. The zero-order chi connectivity index (χ0) is 19.2. The van der Waals surface area contributed by atoms with Crippen LogP contribution in [0.4, 0.5) is 0 Å². The molecule has 4 nitrogen and oxygen atoms in total. The average Bonchev–Trinajstić information content (AvgIpc) is 2.96. The van der Waals surface area contributed by atoms with Gasteiger partial charge in [-0.3, -0.25) is 0 Å². The van der Waals surface area contributed by atoms with Gasteiger partial charge in [0.25, 0.3) is 0 Å². The van der Waals surface area contributed by atoms with Crippen molar-refractivity contribution in [3.05, 3.63) is 47.4 Å². The molecule has 0 amide bonds. The van der Waals surface area contributed by atoms with Crippen molar-refractivity contribution in [1.29, 1.82) is 0 Å². The van der Waals surface area contributed by atoms with Crippen molar-refractivity contribution in [2.75, 3.05) is 6.61 Å². The van der Waals surface area contributed by atoms with Crippen LogP contribution in [0.1, 0.15) is 70.9 Å². The van der Waals surface area contributed by atoms with Gasteiger partial charge in [0.1, 0.15) is 5.76 Å². The minimum Gasteiger partial charge on any atom is -0.491 e. The van der Waals surface area contributed by atoms with E-state index < -0.39 is 0 Å². The maximum Gasteiger partial charge on any atom is 0.142 e. The summed E-state index contributed by atoms with van der Waals surface area (Å²) in [6, 6.07) is 0. The van der Waals surface area contributed by atoms with Gasteiger partial charge in [-0.25, -0.2) is 4.98 Å². The summed E-state index contributed by atoms with van der Waals surface area (Å²) in [6.07, 6.45) is 18.1. The van der Waals surface area contributed by atoms with E-state index in [2.05, 4.69) is 31.0 Å². The standard InChI is InChI=1S/C23H35N3O/c1-4-18-8-6-9-19(12-11-18)15-27-22-13-20(21-14-26(3)16-25-21)10-5-7-17(2)23(22)24/h10,13-14,16,18-19H,4-9,11-12,15,24H2,1-3H3/b20-10+,22-13?,23-17?. The maximum absolute atomic E-state index is 6.46. The molecule has 1 heterocycles. The topological polar surface area (TPSA) is 53.1 Å². The van der Waals surface area contributed by atoms with E-state index in [0.717, 1.165) is 48.1 Å². The highest BCUT2D eigenvalue weighted by Crippen LogP contribution is 2.31. The third-order valence-electron chi connectivity index (χ3n) is 6.16. The molecule has 0 bridgehead atoms. The van der Waals surface area contributed by atoms with Crippen LogP contribution in [0.3, 0.4) is 0 Å². The molecule has 1 aromatic heterocycles. The molecule has 1 aromatic rings. The van der Waals surface area contributed by atoms with Gasteiger partial charge in [-0.1, -0.05) is 38.7 Å². The van der Waals surface area contributed by atoms with Crippen LogP contribution in [0, 0.1) is 11.8 Å². The monoisotopic (exact) mass is 369 g/mol. The van der Waals surface area contributed by atoms with Crippen LogP contribution in [-0.2, 0) is 11.8 Å². The number of rotatable bonds is 5. The number of nitrogens with two attached hydrogens (primary N) is 1. The molecule has 2 unspecified atom stereocenters. The van der Waals surface area contributed by atoms with Crippen molar-refractivity contribution in [2.24, 2.45) is 24.6 Å². The van der Waals surface area contributed by atoms with Crippen LogP contribution in [0.25, 0.3) is 5.57 Å². The SMILES string of the molecule is CCC1CCCC(COC2=C/C(c3cn(C)cn3)=C\CCC(C)=C2N)CC1.